The highest BCUT2D eigenvalue weighted by atomic mass is 35.5. The number of para-hydroxylation sites is 1. The number of hydrogen-bond donors (Lipinski definition) is 2. The second-order valence-electron chi connectivity index (χ2n) is 3.98. The smallest absolute Gasteiger partial charge is 0.238 e. The van der Waals surface area contributed by atoms with E-state index in [4.69, 9.17) is 29.6 Å². The molecule has 0 fully saturated rings. The topological polar surface area (TPSA) is 41.1 Å². The van der Waals surface area contributed by atoms with Crippen LogP contribution in [0.3, 0.4) is 0 Å². The van der Waals surface area contributed by atoms with Crippen LogP contribution in [0.2, 0.25) is 10.0 Å². The highest BCUT2D eigenvalue weighted by Crippen LogP contribution is 2.29. The van der Waals surface area contributed by atoms with E-state index < -0.39 is 0 Å². The number of terminal acetylenes is 1. The van der Waals surface area contributed by atoms with Crippen molar-refractivity contribution in [2.75, 3.05) is 18.4 Å². The van der Waals surface area contributed by atoms with Crippen LogP contribution >= 0.6 is 23.2 Å². The molecule has 0 atom stereocenters. The SMILES string of the molecule is C#CCCCCNCC(=O)Nc1c(Cl)cccc1Cl. The molecule has 0 unspecified atom stereocenters. The van der Waals surface area contributed by atoms with Crippen molar-refractivity contribution >= 4 is 34.8 Å². The van der Waals surface area contributed by atoms with Crippen LogP contribution in [0.25, 0.3) is 0 Å². The maximum atomic E-state index is 11.7. The molecule has 3 nitrogen and oxygen atoms in total. The molecule has 1 aromatic rings. The Balaban J connectivity index is 2.30. The van der Waals surface area contributed by atoms with Crippen molar-refractivity contribution in [2.24, 2.45) is 0 Å². The molecule has 0 aliphatic heterocycles. The van der Waals surface area contributed by atoms with E-state index in [1.54, 1.807) is 18.2 Å². The number of carbonyl (C=O) groups is 1. The highest BCUT2D eigenvalue weighted by molar-refractivity contribution is 6.39. The van der Waals surface area contributed by atoms with Gasteiger partial charge >= 0.3 is 0 Å². The molecular weight excluding hydrogens is 283 g/mol. The van der Waals surface area contributed by atoms with E-state index in [-0.39, 0.29) is 12.5 Å². The molecule has 0 aliphatic rings. The molecule has 0 aromatic heterocycles. The van der Waals surface area contributed by atoms with E-state index in [2.05, 4.69) is 16.6 Å². The third-order valence-electron chi connectivity index (χ3n) is 2.44. The van der Waals surface area contributed by atoms with Gasteiger partial charge in [-0.3, -0.25) is 4.79 Å². The summed E-state index contributed by atoms with van der Waals surface area (Å²) < 4.78 is 0. The molecule has 5 heteroatoms. The van der Waals surface area contributed by atoms with Crippen molar-refractivity contribution in [3.63, 3.8) is 0 Å². The monoisotopic (exact) mass is 298 g/mol. The molecule has 0 aliphatic carbocycles. The number of anilines is 1. The predicted molar refractivity (Wildman–Crippen MR) is 80.6 cm³/mol. The fraction of sp³-hybridized carbons (Fsp3) is 0.357. The predicted octanol–water partition coefficient (Wildman–Crippen LogP) is 3.33. The van der Waals surface area contributed by atoms with Crippen molar-refractivity contribution in [1.29, 1.82) is 0 Å². The van der Waals surface area contributed by atoms with Crippen LogP contribution in [0.5, 0.6) is 0 Å². The summed E-state index contributed by atoms with van der Waals surface area (Å²) >= 11 is 11.9. The highest BCUT2D eigenvalue weighted by Gasteiger charge is 2.08. The molecule has 2 N–H and O–H groups in total. The summed E-state index contributed by atoms with van der Waals surface area (Å²) in [5, 5.41) is 6.57. The minimum atomic E-state index is -0.174. The van der Waals surface area contributed by atoms with Crippen LogP contribution in [0.1, 0.15) is 19.3 Å². The first-order valence-corrected chi connectivity index (χ1v) is 6.78. The van der Waals surface area contributed by atoms with Gasteiger partial charge in [0.2, 0.25) is 5.91 Å². The number of carbonyl (C=O) groups excluding carboxylic acids is 1. The van der Waals surface area contributed by atoms with Crippen molar-refractivity contribution in [3.05, 3.63) is 28.2 Å². The van der Waals surface area contributed by atoms with Gasteiger partial charge in [-0.2, -0.15) is 0 Å². The summed E-state index contributed by atoms with van der Waals surface area (Å²) in [5.41, 5.74) is 0.449. The second-order valence-corrected chi connectivity index (χ2v) is 4.80. The Morgan fingerprint density at radius 3 is 2.58 bits per heavy atom. The first-order chi connectivity index (χ1) is 9.15. The summed E-state index contributed by atoms with van der Waals surface area (Å²) in [6, 6.07) is 5.08. The largest absolute Gasteiger partial charge is 0.322 e. The zero-order chi connectivity index (χ0) is 14.1. The molecule has 1 rings (SSSR count). The third kappa shape index (κ3) is 5.98. The van der Waals surface area contributed by atoms with Gasteiger partial charge in [-0.05, 0) is 31.5 Å². The van der Waals surface area contributed by atoms with E-state index in [0.29, 0.717) is 15.7 Å². The molecule has 0 saturated heterocycles. The molecule has 19 heavy (non-hydrogen) atoms. The number of rotatable bonds is 7. The lowest BCUT2D eigenvalue weighted by Crippen LogP contribution is -2.28. The first kappa shape index (κ1) is 15.8. The molecule has 0 heterocycles. The molecule has 0 bridgehead atoms. The number of nitrogens with one attached hydrogen (secondary N) is 2. The van der Waals surface area contributed by atoms with Crippen LogP contribution in [-0.4, -0.2) is 19.0 Å². The van der Waals surface area contributed by atoms with Crippen molar-refractivity contribution in [2.45, 2.75) is 19.3 Å². The van der Waals surface area contributed by atoms with Gasteiger partial charge in [0, 0.05) is 6.42 Å². The van der Waals surface area contributed by atoms with Crippen LogP contribution in [0.4, 0.5) is 5.69 Å². The summed E-state index contributed by atoms with van der Waals surface area (Å²) in [7, 11) is 0. The summed E-state index contributed by atoms with van der Waals surface area (Å²) in [4.78, 5) is 11.7. The maximum Gasteiger partial charge on any atom is 0.238 e. The van der Waals surface area contributed by atoms with Gasteiger partial charge in [0.05, 0.1) is 22.3 Å². The Morgan fingerprint density at radius 2 is 1.95 bits per heavy atom. The average molecular weight is 299 g/mol. The van der Waals surface area contributed by atoms with Gasteiger partial charge in [-0.1, -0.05) is 29.3 Å². The Bertz CT molecular complexity index is 449. The molecule has 0 spiro atoms. The zero-order valence-electron chi connectivity index (χ0n) is 10.5. The number of benzene rings is 1. The van der Waals surface area contributed by atoms with Crippen molar-refractivity contribution in [1.82, 2.24) is 5.32 Å². The lowest BCUT2D eigenvalue weighted by Gasteiger charge is -2.09. The molecule has 1 aromatic carbocycles. The minimum absolute atomic E-state index is 0.174. The number of hydrogen-bond acceptors (Lipinski definition) is 2. The fourth-order valence-electron chi connectivity index (χ4n) is 1.48. The van der Waals surface area contributed by atoms with Gasteiger partial charge in [0.25, 0.3) is 0 Å². The molecule has 0 saturated carbocycles. The molecular formula is C14H16Cl2N2O. The molecule has 0 radical (unpaired) electrons. The van der Waals surface area contributed by atoms with E-state index in [9.17, 15) is 4.79 Å². The standard InChI is InChI=1S/C14H16Cl2N2O/c1-2-3-4-5-9-17-10-13(19)18-14-11(15)7-6-8-12(14)16/h1,6-8,17H,3-5,9-10H2,(H,18,19). The van der Waals surface area contributed by atoms with E-state index in [1.165, 1.54) is 0 Å². The Morgan fingerprint density at radius 1 is 1.26 bits per heavy atom. The maximum absolute atomic E-state index is 11.7. The first-order valence-electron chi connectivity index (χ1n) is 6.03. The zero-order valence-corrected chi connectivity index (χ0v) is 12.0. The normalized spacial score (nSPS) is 9.95. The molecule has 1 amide bonds. The van der Waals surface area contributed by atoms with Gasteiger partial charge in [0.1, 0.15) is 0 Å². The Labute approximate surface area is 123 Å². The fourth-order valence-corrected chi connectivity index (χ4v) is 1.97. The molecule has 102 valence electrons. The average Bonchev–Trinajstić information content (AvgIpc) is 2.38. The van der Waals surface area contributed by atoms with Gasteiger partial charge in [-0.15, -0.1) is 12.3 Å². The van der Waals surface area contributed by atoms with Crippen LogP contribution in [0.15, 0.2) is 18.2 Å². The van der Waals surface area contributed by atoms with Gasteiger partial charge < -0.3 is 10.6 Å². The second kappa shape index (κ2) is 8.82. The van der Waals surface area contributed by atoms with Crippen molar-refractivity contribution in [3.8, 4) is 12.3 Å². The van der Waals surface area contributed by atoms with E-state index >= 15 is 0 Å². The quantitative estimate of drug-likeness (QED) is 0.599. The summed E-state index contributed by atoms with van der Waals surface area (Å²) in [5.74, 6) is 2.40. The van der Waals surface area contributed by atoms with E-state index in [1.807, 2.05) is 0 Å². The minimum Gasteiger partial charge on any atom is -0.322 e. The lowest BCUT2D eigenvalue weighted by atomic mass is 10.2. The number of amides is 1. The summed E-state index contributed by atoms with van der Waals surface area (Å²) in [6.07, 6.45) is 7.82. The summed E-state index contributed by atoms with van der Waals surface area (Å²) in [6.45, 7) is 0.975. The van der Waals surface area contributed by atoms with Crippen LogP contribution in [0, 0.1) is 12.3 Å². The van der Waals surface area contributed by atoms with Crippen molar-refractivity contribution < 1.29 is 4.79 Å². The Kier molecular flexibility index (Phi) is 7.35. The van der Waals surface area contributed by atoms with E-state index in [0.717, 1.165) is 25.8 Å². The lowest BCUT2D eigenvalue weighted by molar-refractivity contribution is -0.115. The van der Waals surface area contributed by atoms with Crippen LogP contribution < -0.4 is 10.6 Å². The van der Waals surface area contributed by atoms with Gasteiger partial charge in [-0.25, -0.2) is 0 Å². The third-order valence-corrected chi connectivity index (χ3v) is 3.07. The van der Waals surface area contributed by atoms with Gasteiger partial charge in [0.15, 0.2) is 0 Å². The van der Waals surface area contributed by atoms with Crippen LogP contribution in [-0.2, 0) is 4.79 Å². The number of halogens is 2. The Hall–Kier alpha value is -1.21. The number of unbranched alkanes of at least 4 members (excludes halogenated alkanes) is 2.